The maximum atomic E-state index is 11.9. The SMILES string of the molecule is C=C(C(=O)OC)[C@H](NC(C)(C)C)c1ccc2ccccc2c1. The van der Waals surface area contributed by atoms with Gasteiger partial charge >= 0.3 is 5.97 Å². The molecule has 0 aromatic heterocycles. The van der Waals surface area contributed by atoms with E-state index in [2.05, 4.69) is 56.9 Å². The summed E-state index contributed by atoms with van der Waals surface area (Å²) in [5.41, 5.74) is 1.25. The Labute approximate surface area is 132 Å². The molecule has 2 rings (SSSR count). The first-order valence-electron chi connectivity index (χ1n) is 7.35. The van der Waals surface area contributed by atoms with Crippen molar-refractivity contribution in [2.45, 2.75) is 32.4 Å². The van der Waals surface area contributed by atoms with Crippen molar-refractivity contribution in [3.63, 3.8) is 0 Å². The number of carbonyl (C=O) groups is 1. The van der Waals surface area contributed by atoms with Gasteiger partial charge in [-0.25, -0.2) is 4.79 Å². The molecule has 3 nitrogen and oxygen atoms in total. The molecule has 116 valence electrons. The summed E-state index contributed by atoms with van der Waals surface area (Å²) in [5.74, 6) is -0.394. The number of benzene rings is 2. The van der Waals surface area contributed by atoms with Gasteiger partial charge in [-0.15, -0.1) is 0 Å². The Bertz CT molecular complexity index is 698. The average Bonchev–Trinajstić information content (AvgIpc) is 2.49. The molecule has 0 radical (unpaired) electrons. The van der Waals surface area contributed by atoms with E-state index in [1.807, 2.05) is 18.2 Å². The van der Waals surface area contributed by atoms with Crippen LogP contribution in [0.25, 0.3) is 10.8 Å². The maximum Gasteiger partial charge on any atom is 0.335 e. The number of hydrogen-bond donors (Lipinski definition) is 1. The highest BCUT2D eigenvalue weighted by molar-refractivity contribution is 5.90. The molecule has 1 atom stereocenters. The second-order valence-electron chi connectivity index (χ2n) is 6.45. The zero-order valence-corrected chi connectivity index (χ0v) is 13.6. The number of esters is 1. The summed E-state index contributed by atoms with van der Waals surface area (Å²) in [6.07, 6.45) is 0. The Morgan fingerprint density at radius 1 is 1.14 bits per heavy atom. The van der Waals surface area contributed by atoms with Crippen LogP contribution in [0.4, 0.5) is 0 Å². The molecule has 0 amide bonds. The van der Waals surface area contributed by atoms with Gasteiger partial charge in [-0.05, 0) is 43.2 Å². The normalized spacial score (nSPS) is 12.9. The summed E-state index contributed by atoms with van der Waals surface area (Å²) in [6, 6.07) is 14.1. The zero-order valence-electron chi connectivity index (χ0n) is 13.6. The minimum Gasteiger partial charge on any atom is -0.466 e. The number of methoxy groups -OCH3 is 1. The lowest BCUT2D eigenvalue weighted by atomic mass is 9.94. The van der Waals surface area contributed by atoms with Crippen LogP contribution in [-0.4, -0.2) is 18.6 Å². The number of rotatable bonds is 4. The second kappa shape index (κ2) is 6.32. The average molecular weight is 297 g/mol. The fraction of sp³-hybridized carbons (Fsp3) is 0.316. The largest absolute Gasteiger partial charge is 0.466 e. The van der Waals surface area contributed by atoms with Gasteiger partial charge < -0.3 is 10.1 Å². The van der Waals surface area contributed by atoms with Gasteiger partial charge in [0.25, 0.3) is 0 Å². The molecule has 2 aromatic rings. The van der Waals surface area contributed by atoms with Gasteiger partial charge in [-0.1, -0.05) is 43.0 Å². The molecule has 0 fully saturated rings. The predicted octanol–water partition coefficient (Wildman–Crippen LogP) is 4.00. The van der Waals surface area contributed by atoms with Crippen molar-refractivity contribution >= 4 is 16.7 Å². The molecule has 0 saturated heterocycles. The van der Waals surface area contributed by atoms with E-state index in [1.165, 1.54) is 12.5 Å². The fourth-order valence-electron chi connectivity index (χ4n) is 2.44. The molecule has 1 N–H and O–H groups in total. The molecule has 3 heteroatoms. The summed E-state index contributed by atoms with van der Waals surface area (Å²) in [6.45, 7) is 10.1. The van der Waals surface area contributed by atoms with E-state index in [0.717, 1.165) is 10.9 Å². The highest BCUT2D eigenvalue weighted by atomic mass is 16.5. The van der Waals surface area contributed by atoms with Gasteiger partial charge in [0.1, 0.15) is 0 Å². The Balaban J connectivity index is 2.45. The number of ether oxygens (including phenoxy) is 1. The topological polar surface area (TPSA) is 38.3 Å². The van der Waals surface area contributed by atoms with E-state index in [1.54, 1.807) is 0 Å². The third kappa shape index (κ3) is 3.74. The summed E-state index contributed by atoms with van der Waals surface area (Å²) in [4.78, 5) is 11.9. The number of nitrogens with one attached hydrogen (secondary N) is 1. The molecular formula is C19H23NO2. The minimum atomic E-state index is -0.394. The van der Waals surface area contributed by atoms with Crippen LogP contribution in [0.2, 0.25) is 0 Å². The first-order valence-corrected chi connectivity index (χ1v) is 7.35. The van der Waals surface area contributed by atoms with E-state index in [0.29, 0.717) is 5.57 Å². The molecular weight excluding hydrogens is 274 g/mol. The van der Waals surface area contributed by atoms with E-state index < -0.39 is 5.97 Å². The lowest BCUT2D eigenvalue weighted by Gasteiger charge is -2.29. The predicted molar refractivity (Wildman–Crippen MR) is 90.7 cm³/mol. The number of carbonyl (C=O) groups excluding carboxylic acids is 1. The first kappa shape index (κ1) is 16.2. The number of fused-ring (bicyclic) bond motifs is 1. The molecule has 0 aliphatic rings. The highest BCUT2D eigenvalue weighted by Crippen LogP contribution is 2.27. The Morgan fingerprint density at radius 2 is 1.77 bits per heavy atom. The van der Waals surface area contributed by atoms with Crippen LogP contribution in [0.5, 0.6) is 0 Å². The van der Waals surface area contributed by atoms with Crippen LogP contribution >= 0.6 is 0 Å². The third-order valence-corrected chi connectivity index (χ3v) is 3.48. The highest BCUT2D eigenvalue weighted by Gasteiger charge is 2.25. The van der Waals surface area contributed by atoms with Crippen molar-refractivity contribution in [1.29, 1.82) is 0 Å². The van der Waals surface area contributed by atoms with E-state index in [9.17, 15) is 4.79 Å². The quantitative estimate of drug-likeness (QED) is 0.685. The Kier molecular flexibility index (Phi) is 4.67. The standard InChI is InChI=1S/C19H23NO2/c1-13(18(21)22-5)17(20-19(2,3)4)16-11-10-14-8-6-7-9-15(14)12-16/h6-12,17,20H,1H2,2-5H3/t17-/m0/s1. The van der Waals surface area contributed by atoms with Gasteiger partial charge in [0.2, 0.25) is 0 Å². The van der Waals surface area contributed by atoms with E-state index in [4.69, 9.17) is 4.74 Å². The minimum absolute atomic E-state index is 0.159. The summed E-state index contributed by atoms with van der Waals surface area (Å²) >= 11 is 0. The molecule has 0 aliphatic heterocycles. The lowest BCUT2D eigenvalue weighted by molar-refractivity contribution is -0.136. The summed E-state index contributed by atoms with van der Waals surface area (Å²) in [7, 11) is 1.38. The monoisotopic (exact) mass is 297 g/mol. The van der Waals surface area contributed by atoms with Gasteiger partial charge in [0.05, 0.1) is 18.7 Å². The van der Waals surface area contributed by atoms with Crippen LogP contribution in [-0.2, 0) is 9.53 Å². The fourth-order valence-corrected chi connectivity index (χ4v) is 2.44. The van der Waals surface area contributed by atoms with Crippen molar-refractivity contribution in [2.24, 2.45) is 0 Å². The van der Waals surface area contributed by atoms with Crippen LogP contribution < -0.4 is 5.32 Å². The molecule has 0 bridgehead atoms. The van der Waals surface area contributed by atoms with Gasteiger partial charge in [0.15, 0.2) is 0 Å². The molecule has 22 heavy (non-hydrogen) atoms. The third-order valence-electron chi connectivity index (χ3n) is 3.48. The van der Waals surface area contributed by atoms with Gasteiger partial charge in [0, 0.05) is 5.54 Å². The molecule has 0 heterocycles. The van der Waals surface area contributed by atoms with Crippen LogP contribution in [0.1, 0.15) is 32.4 Å². The van der Waals surface area contributed by atoms with Crippen LogP contribution in [0.3, 0.4) is 0 Å². The van der Waals surface area contributed by atoms with Crippen molar-refractivity contribution in [2.75, 3.05) is 7.11 Å². The van der Waals surface area contributed by atoms with Crippen molar-refractivity contribution in [3.8, 4) is 0 Å². The zero-order chi connectivity index (χ0) is 16.3. The summed E-state index contributed by atoms with van der Waals surface area (Å²) < 4.78 is 4.84. The van der Waals surface area contributed by atoms with Gasteiger partial charge in [-0.3, -0.25) is 0 Å². The molecule has 0 spiro atoms. The van der Waals surface area contributed by atoms with E-state index in [-0.39, 0.29) is 11.6 Å². The van der Waals surface area contributed by atoms with E-state index >= 15 is 0 Å². The Hall–Kier alpha value is -2.13. The second-order valence-corrected chi connectivity index (χ2v) is 6.45. The van der Waals surface area contributed by atoms with Gasteiger partial charge in [-0.2, -0.15) is 0 Å². The van der Waals surface area contributed by atoms with Crippen LogP contribution in [0.15, 0.2) is 54.6 Å². The first-order chi connectivity index (χ1) is 10.3. The van der Waals surface area contributed by atoms with Crippen molar-refractivity contribution in [3.05, 3.63) is 60.2 Å². The lowest BCUT2D eigenvalue weighted by Crippen LogP contribution is -2.40. The maximum absolute atomic E-state index is 11.9. The molecule has 2 aromatic carbocycles. The smallest absolute Gasteiger partial charge is 0.335 e. The van der Waals surface area contributed by atoms with Crippen molar-refractivity contribution in [1.82, 2.24) is 5.32 Å². The number of hydrogen-bond acceptors (Lipinski definition) is 3. The summed E-state index contributed by atoms with van der Waals surface area (Å²) in [5, 5.41) is 5.76. The molecule has 0 saturated carbocycles. The Morgan fingerprint density at radius 3 is 2.36 bits per heavy atom. The van der Waals surface area contributed by atoms with Crippen LogP contribution in [0, 0.1) is 0 Å². The van der Waals surface area contributed by atoms with Crippen molar-refractivity contribution < 1.29 is 9.53 Å². The molecule has 0 aliphatic carbocycles. The molecule has 0 unspecified atom stereocenters.